The average molecular weight is 283 g/mol. The molecule has 0 amide bonds. The van der Waals surface area contributed by atoms with E-state index < -0.39 is 0 Å². The summed E-state index contributed by atoms with van der Waals surface area (Å²) in [5.74, 6) is 0. The molecule has 0 radical (unpaired) electrons. The highest BCUT2D eigenvalue weighted by Gasteiger charge is 2.11. The SMILES string of the molecule is C=CCCn1c(=O)ccc2cc(N3CCNCC3)ccc21. The molecule has 1 aliphatic rings. The van der Waals surface area contributed by atoms with Crippen LogP contribution in [0.2, 0.25) is 0 Å². The molecule has 0 aliphatic carbocycles. The minimum Gasteiger partial charge on any atom is -0.369 e. The lowest BCUT2D eigenvalue weighted by Crippen LogP contribution is -2.43. The maximum Gasteiger partial charge on any atom is 0.251 e. The van der Waals surface area contributed by atoms with Gasteiger partial charge in [-0.3, -0.25) is 4.79 Å². The predicted molar refractivity (Wildman–Crippen MR) is 88.1 cm³/mol. The minimum absolute atomic E-state index is 0.0549. The number of allylic oxidation sites excluding steroid dienone is 1. The fourth-order valence-electron chi connectivity index (χ4n) is 2.86. The van der Waals surface area contributed by atoms with Crippen molar-refractivity contribution in [3.05, 3.63) is 53.3 Å². The van der Waals surface area contributed by atoms with E-state index in [1.807, 2.05) is 16.7 Å². The molecule has 0 unspecified atom stereocenters. The lowest BCUT2D eigenvalue weighted by Gasteiger charge is -2.29. The third-order valence-corrected chi connectivity index (χ3v) is 4.01. The first-order valence-electron chi connectivity index (χ1n) is 7.50. The van der Waals surface area contributed by atoms with Crippen LogP contribution in [0, 0.1) is 0 Å². The van der Waals surface area contributed by atoms with Crippen molar-refractivity contribution in [3.8, 4) is 0 Å². The maximum atomic E-state index is 12.0. The number of anilines is 1. The van der Waals surface area contributed by atoms with Gasteiger partial charge in [0.05, 0.1) is 5.52 Å². The number of rotatable bonds is 4. The van der Waals surface area contributed by atoms with E-state index in [1.165, 1.54) is 5.69 Å². The van der Waals surface area contributed by atoms with Crippen molar-refractivity contribution in [2.45, 2.75) is 13.0 Å². The highest BCUT2D eigenvalue weighted by atomic mass is 16.1. The molecular formula is C17H21N3O. The van der Waals surface area contributed by atoms with Gasteiger partial charge in [0.25, 0.3) is 5.56 Å². The number of pyridine rings is 1. The summed E-state index contributed by atoms with van der Waals surface area (Å²) in [6.07, 6.45) is 2.65. The molecule has 4 nitrogen and oxygen atoms in total. The molecule has 4 heteroatoms. The monoisotopic (exact) mass is 283 g/mol. The zero-order valence-corrected chi connectivity index (χ0v) is 12.2. The van der Waals surface area contributed by atoms with Crippen LogP contribution in [0.1, 0.15) is 6.42 Å². The molecule has 1 aliphatic heterocycles. The summed E-state index contributed by atoms with van der Waals surface area (Å²) in [5.41, 5.74) is 2.29. The number of piperazine rings is 1. The van der Waals surface area contributed by atoms with Crippen LogP contribution < -0.4 is 15.8 Å². The van der Waals surface area contributed by atoms with Crippen molar-refractivity contribution in [1.29, 1.82) is 0 Å². The molecule has 21 heavy (non-hydrogen) atoms. The van der Waals surface area contributed by atoms with Gasteiger partial charge in [0, 0.05) is 49.9 Å². The Morgan fingerprint density at radius 1 is 1.19 bits per heavy atom. The fourth-order valence-corrected chi connectivity index (χ4v) is 2.86. The van der Waals surface area contributed by atoms with Crippen molar-refractivity contribution >= 4 is 16.6 Å². The molecule has 1 N–H and O–H groups in total. The van der Waals surface area contributed by atoms with Crippen LogP contribution in [-0.2, 0) is 6.54 Å². The van der Waals surface area contributed by atoms with Gasteiger partial charge in [0.1, 0.15) is 0 Å². The summed E-state index contributed by atoms with van der Waals surface area (Å²) >= 11 is 0. The van der Waals surface area contributed by atoms with E-state index in [9.17, 15) is 4.79 Å². The van der Waals surface area contributed by atoms with Crippen LogP contribution in [0.3, 0.4) is 0 Å². The topological polar surface area (TPSA) is 37.3 Å². The quantitative estimate of drug-likeness (QED) is 0.872. The summed E-state index contributed by atoms with van der Waals surface area (Å²) < 4.78 is 1.83. The molecule has 1 saturated heterocycles. The first-order valence-corrected chi connectivity index (χ1v) is 7.50. The van der Waals surface area contributed by atoms with E-state index in [0.717, 1.165) is 43.5 Å². The van der Waals surface area contributed by atoms with Crippen molar-refractivity contribution in [2.75, 3.05) is 31.1 Å². The van der Waals surface area contributed by atoms with Crippen molar-refractivity contribution < 1.29 is 0 Å². The third kappa shape index (κ3) is 2.85. The lowest BCUT2D eigenvalue weighted by molar-refractivity contribution is 0.589. The first-order chi connectivity index (χ1) is 10.3. The molecule has 110 valence electrons. The lowest BCUT2D eigenvalue weighted by atomic mass is 10.1. The standard InChI is InChI=1S/C17H21N3O/c1-2-3-10-20-16-6-5-15(19-11-8-18-9-12-19)13-14(16)4-7-17(20)21/h2,4-7,13,18H,1,3,8-12H2. The van der Waals surface area contributed by atoms with Gasteiger partial charge in [-0.1, -0.05) is 6.08 Å². The Hall–Kier alpha value is -2.07. The highest BCUT2D eigenvalue weighted by molar-refractivity contribution is 5.83. The molecule has 0 atom stereocenters. The molecule has 2 aromatic rings. The normalized spacial score (nSPS) is 15.3. The predicted octanol–water partition coefficient (Wildman–Crippen LogP) is 1.99. The summed E-state index contributed by atoms with van der Waals surface area (Å²) in [6, 6.07) is 9.96. The Balaban J connectivity index is 2.00. The van der Waals surface area contributed by atoms with Gasteiger partial charge >= 0.3 is 0 Å². The van der Waals surface area contributed by atoms with E-state index in [1.54, 1.807) is 6.07 Å². The van der Waals surface area contributed by atoms with Gasteiger partial charge in [-0.2, -0.15) is 0 Å². The van der Waals surface area contributed by atoms with Crippen molar-refractivity contribution in [2.24, 2.45) is 0 Å². The Kier molecular flexibility index (Phi) is 4.06. The molecular weight excluding hydrogens is 262 g/mol. The Morgan fingerprint density at radius 3 is 2.76 bits per heavy atom. The second-order valence-corrected chi connectivity index (χ2v) is 5.38. The Labute approximate surface area is 124 Å². The van der Waals surface area contributed by atoms with Gasteiger partial charge < -0.3 is 14.8 Å². The third-order valence-electron chi connectivity index (χ3n) is 4.01. The summed E-state index contributed by atoms with van der Waals surface area (Å²) in [5, 5.41) is 4.48. The highest BCUT2D eigenvalue weighted by Crippen LogP contribution is 2.21. The van der Waals surface area contributed by atoms with E-state index in [-0.39, 0.29) is 5.56 Å². The van der Waals surface area contributed by atoms with E-state index >= 15 is 0 Å². The van der Waals surface area contributed by atoms with Gasteiger partial charge in [-0.05, 0) is 30.7 Å². The Morgan fingerprint density at radius 2 is 2.00 bits per heavy atom. The number of fused-ring (bicyclic) bond motifs is 1. The molecule has 0 spiro atoms. The Bertz CT molecular complexity index is 699. The number of aryl methyl sites for hydroxylation is 1. The van der Waals surface area contributed by atoms with Gasteiger partial charge in [-0.15, -0.1) is 6.58 Å². The molecule has 1 aromatic heterocycles. The van der Waals surface area contributed by atoms with Crippen LogP contribution in [0.4, 0.5) is 5.69 Å². The molecule has 2 heterocycles. The number of nitrogens with one attached hydrogen (secondary N) is 1. The second kappa shape index (κ2) is 6.14. The molecule has 1 aromatic carbocycles. The second-order valence-electron chi connectivity index (χ2n) is 5.38. The smallest absolute Gasteiger partial charge is 0.251 e. The number of hydrogen-bond acceptors (Lipinski definition) is 3. The zero-order chi connectivity index (χ0) is 14.7. The maximum absolute atomic E-state index is 12.0. The fraction of sp³-hybridized carbons (Fsp3) is 0.353. The van der Waals surface area contributed by atoms with Crippen LogP contribution in [0.5, 0.6) is 0 Å². The van der Waals surface area contributed by atoms with Crippen LogP contribution in [0.15, 0.2) is 47.8 Å². The zero-order valence-electron chi connectivity index (χ0n) is 12.2. The van der Waals surface area contributed by atoms with Crippen LogP contribution >= 0.6 is 0 Å². The summed E-state index contributed by atoms with van der Waals surface area (Å²) in [7, 11) is 0. The summed E-state index contributed by atoms with van der Waals surface area (Å²) in [6.45, 7) is 8.53. The van der Waals surface area contributed by atoms with Gasteiger partial charge in [-0.25, -0.2) is 0 Å². The molecule has 3 rings (SSSR count). The van der Waals surface area contributed by atoms with Crippen molar-refractivity contribution in [1.82, 2.24) is 9.88 Å². The molecule has 0 saturated carbocycles. The van der Waals surface area contributed by atoms with Gasteiger partial charge in [0.2, 0.25) is 0 Å². The minimum atomic E-state index is 0.0549. The number of benzene rings is 1. The van der Waals surface area contributed by atoms with E-state index in [2.05, 4.69) is 35.0 Å². The van der Waals surface area contributed by atoms with Crippen molar-refractivity contribution in [3.63, 3.8) is 0 Å². The summed E-state index contributed by atoms with van der Waals surface area (Å²) in [4.78, 5) is 14.4. The van der Waals surface area contributed by atoms with E-state index in [0.29, 0.717) is 6.54 Å². The van der Waals surface area contributed by atoms with Crippen LogP contribution in [0.25, 0.3) is 10.9 Å². The first kappa shape index (κ1) is 13.9. The van der Waals surface area contributed by atoms with E-state index in [4.69, 9.17) is 0 Å². The molecule has 1 fully saturated rings. The van der Waals surface area contributed by atoms with Crippen LogP contribution in [-0.4, -0.2) is 30.7 Å². The number of hydrogen-bond donors (Lipinski definition) is 1. The largest absolute Gasteiger partial charge is 0.369 e. The molecule has 0 bridgehead atoms. The number of aromatic nitrogens is 1. The average Bonchev–Trinajstić information content (AvgIpc) is 2.54. The van der Waals surface area contributed by atoms with Gasteiger partial charge in [0.15, 0.2) is 0 Å². The number of nitrogens with zero attached hydrogens (tertiary/aromatic N) is 2.